The average molecular weight is 361 g/mol. The molecule has 0 aromatic heterocycles. The van der Waals surface area contributed by atoms with Gasteiger partial charge in [0.25, 0.3) is 0 Å². The highest BCUT2D eigenvalue weighted by Crippen LogP contribution is 2.27. The maximum atomic E-state index is 12.3. The average Bonchev–Trinajstić information content (AvgIpc) is 2.78. The van der Waals surface area contributed by atoms with Crippen molar-refractivity contribution in [2.24, 2.45) is 0 Å². The third-order valence-corrected chi connectivity index (χ3v) is 4.45. The summed E-state index contributed by atoms with van der Waals surface area (Å²) in [6.45, 7) is 5.92. The van der Waals surface area contributed by atoms with E-state index in [2.05, 4.69) is 16.0 Å². The van der Waals surface area contributed by atoms with Crippen LogP contribution in [0.3, 0.4) is 0 Å². The number of carbonyl (C=O) groups is 2. The third kappa shape index (κ3) is 6.94. The van der Waals surface area contributed by atoms with Crippen molar-refractivity contribution < 1.29 is 14.3 Å². The molecule has 1 aromatic rings. The van der Waals surface area contributed by atoms with Gasteiger partial charge < -0.3 is 20.7 Å². The lowest BCUT2D eigenvalue weighted by Crippen LogP contribution is -2.56. The Balaban J connectivity index is 1.97. The molecule has 0 unspecified atom stereocenters. The molecule has 0 bridgehead atoms. The Morgan fingerprint density at radius 3 is 2.23 bits per heavy atom. The quantitative estimate of drug-likeness (QED) is 0.694. The fourth-order valence-electron chi connectivity index (χ4n) is 3.22. The molecule has 1 aromatic carbocycles. The Bertz CT molecular complexity index is 588. The van der Waals surface area contributed by atoms with Crippen LogP contribution in [-0.2, 0) is 4.74 Å². The molecule has 6 nitrogen and oxygen atoms in total. The first-order valence-corrected chi connectivity index (χ1v) is 9.39. The molecule has 0 saturated heterocycles. The molecular formula is C20H31N3O3. The Labute approximate surface area is 156 Å². The van der Waals surface area contributed by atoms with Crippen molar-refractivity contribution in [1.82, 2.24) is 10.6 Å². The normalized spacial score (nSPS) is 16.9. The molecule has 6 heteroatoms. The van der Waals surface area contributed by atoms with Crippen molar-refractivity contribution in [2.45, 2.75) is 70.4 Å². The van der Waals surface area contributed by atoms with E-state index >= 15 is 0 Å². The van der Waals surface area contributed by atoms with Crippen molar-refractivity contribution in [1.29, 1.82) is 0 Å². The number of para-hydroxylation sites is 1. The topological polar surface area (TPSA) is 79.5 Å². The fraction of sp³-hybridized carbons (Fsp3) is 0.600. The zero-order chi connectivity index (χ0) is 19.0. The lowest BCUT2D eigenvalue weighted by Gasteiger charge is -2.35. The maximum Gasteiger partial charge on any atom is 0.408 e. The highest BCUT2D eigenvalue weighted by molar-refractivity contribution is 5.89. The van der Waals surface area contributed by atoms with Crippen LogP contribution in [0.1, 0.15) is 59.3 Å². The van der Waals surface area contributed by atoms with Crippen molar-refractivity contribution >= 4 is 17.8 Å². The molecule has 26 heavy (non-hydrogen) atoms. The van der Waals surface area contributed by atoms with Crippen LogP contribution in [0.2, 0.25) is 0 Å². The van der Waals surface area contributed by atoms with Crippen LogP contribution >= 0.6 is 0 Å². The van der Waals surface area contributed by atoms with Gasteiger partial charge in [-0.1, -0.05) is 43.9 Å². The summed E-state index contributed by atoms with van der Waals surface area (Å²) >= 11 is 0. The van der Waals surface area contributed by atoms with Crippen molar-refractivity contribution in [3.8, 4) is 0 Å². The molecule has 1 fully saturated rings. The minimum Gasteiger partial charge on any atom is -0.444 e. The van der Waals surface area contributed by atoms with E-state index < -0.39 is 17.2 Å². The molecule has 2 rings (SSSR count). The number of rotatable bonds is 4. The van der Waals surface area contributed by atoms with Crippen LogP contribution < -0.4 is 16.0 Å². The van der Waals surface area contributed by atoms with Gasteiger partial charge in [0.2, 0.25) is 0 Å². The Hall–Kier alpha value is -2.24. The second-order valence-corrected chi connectivity index (χ2v) is 8.00. The molecule has 0 spiro atoms. The van der Waals surface area contributed by atoms with E-state index in [9.17, 15) is 9.59 Å². The lowest BCUT2D eigenvalue weighted by atomic mass is 9.90. The van der Waals surface area contributed by atoms with E-state index in [-0.39, 0.29) is 6.03 Å². The standard InChI is InChI=1S/C20H31N3O3/c1-19(2,3)26-18(25)23-20(13-9-4-5-10-14-20)15-21-17(24)22-16-11-7-6-8-12-16/h6-8,11-12H,4-5,9-10,13-15H2,1-3H3,(H,23,25)(H2,21,22,24). The number of benzene rings is 1. The minimum absolute atomic E-state index is 0.272. The first-order chi connectivity index (χ1) is 12.3. The maximum absolute atomic E-state index is 12.3. The summed E-state index contributed by atoms with van der Waals surface area (Å²) in [5.41, 5.74) is -0.277. The van der Waals surface area contributed by atoms with Gasteiger partial charge in [-0.25, -0.2) is 9.59 Å². The number of alkyl carbamates (subject to hydrolysis) is 1. The molecule has 1 saturated carbocycles. The van der Waals surface area contributed by atoms with Gasteiger partial charge >= 0.3 is 12.1 Å². The van der Waals surface area contributed by atoms with E-state index in [0.717, 1.165) is 44.2 Å². The van der Waals surface area contributed by atoms with Crippen LogP contribution in [0.15, 0.2) is 30.3 Å². The monoisotopic (exact) mass is 361 g/mol. The van der Waals surface area contributed by atoms with Crippen LogP contribution in [-0.4, -0.2) is 29.8 Å². The summed E-state index contributed by atoms with van der Waals surface area (Å²) in [7, 11) is 0. The van der Waals surface area contributed by atoms with E-state index in [1.807, 2.05) is 51.1 Å². The zero-order valence-corrected chi connectivity index (χ0v) is 16.1. The molecule has 3 N–H and O–H groups in total. The van der Waals surface area contributed by atoms with Crippen LogP contribution in [0.5, 0.6) is 0 Å². The molecule has 0 heterocycles. The van der Waals surface area contributed by atoms with Crippen LogP contribution in [0.4, 0.5) is 15.3 Å². The SMILES string of the molecule is CC(C)(C)OC(=O)NC1(CNC(=O)Nc2ccccc2)CCCCCC1. The van der Waals surface area contributed by atoms with E-state index in [0.29, 0.717) is 6.54 Å². The zero-order valence-electron chi connectivity index (χ0n) is 16.1. The highest BCUT2D eigenvalue weighted by Gasteiger charge is 2.34. The highest BCUT2D eigenvalue weighted by atomic mass is 16.6. The van der Waals surface area contributed by atoms with Crippen molar-refractivity contribution in [3.05, 3.63) is 30.3 Å². The first-order valence-electron chi connectivity index (χ1n) is 9.39. The number of urea groups is 1. The lowest BCUT2D eigenvalue weighted by molar-refractivity contribution is 0.0442. The number of hydrogen-bond donors (Lipinski definition) is 3. The summed E-state index contributed by atoms with van der Waals surface area (Å²) in [5, 5.41) is 8.77. The first kappa shape index (κ1) is 20.1. The Kier molecular flexibility index (Phi) is 6.89. The van der Waals surface area contributed by atoms with Gasteiger partial charge in [-0.15, -0.1) is 0 Å². The molecule has 0 atom stereocenters. The van der Waals surface area contributed by atoms with Gasteiger partial charge in [0.1, 0.15) is 5.60 Å². The van der Waals surface area contributed by atoms with Gasteiger partial charge in [-0.05, 0) is 45.7 Å². The minimum atomic E-state index is -0.548. The molecular weight excluding hydrogens is 330 g/mol. The third-order valence-electron chi connectivity index (χ3n) is 4.45. The van der Waals surface area contributed by atoms with Crippen molar-refractivity contribution in [3.63, 3.8) is 0 Å². The summed E-state index contributed by atoms with van der Waals surface area (Å²) in [5.74, 6) is 0. The summed E-state index contributed by atoms with van der Waals surface area (Å²) in [6.07, 6.45) is 5.58. The second kappa shape index (κ2) is 8.92. The van der Waals surface area contributed by atoms with E-state index in [1.165, 1.54) is 0 Å². The molecule has 0 aliphatic heterocycles. The van der Waals surface area contributed by atoms with Crippen molar-refractivity contribution in [2.75, 3.05) is 11.9 Å². The van der Waals surface area contributed by atoms with Gasteiger partial charge in [0.15, 0.2) is 0 Å². The summed E-state index contributed by atoms with van der Waals surface area (Å²) in [4.78, 5) is 24.6. The van der Waals surface area contributed by atoms with Gasteiger partial charge in [-0.3, -0.25) is 0 Å². The number of ether oxygens (including phenoxy) is 1. The Morgan fingerprint density at radius 1 is 1.04 bits per heavy atom. The number of anilines is 1. The van der Waals surface area contributed by atoms with Gasteiger partial charge in [0, 0.05) is 12.2 Å². The number of hydrogen-bond acceptors (Lipinski definition) is 3. The van der Waals surface area contributed by atoms with Crippen LogP contribution in [0.25, 0.3) is 0 Å². The summed E-state index contributed by atoms with van der Waals surface area (Å²) < 4.78 is 5.43. The predicted octanol–water partition coefficient (Wildman–Crippen LogP) is 4.43. The smallest absolute Gasteiger partial charge is 0.408 e. The predicted molar refractivity (Wildman–Crippen MR) is 103 cm³/mol. The molecule has 1 aliphatic rings. The molecule has 0 radical (unpaired) electrons. The van der Waals surface area contributed by atoms with E-state index in [4.69, 9.17) is 4.74 Å². The number of nitrogens with one attached hydrogen (secondary N) is 3. The Morgan fingerprint density at radius 2 is 1.65 bits per heavy atom. The molecule has 144 valence electrons. The second-order valence-electron chi connectivity index (χ2n) is 8.00. The van der Waals surface area contributed by atoms with Gasteiger partial charge in [0.05, 0.1) is 5.54 Å². The number of carbonyl (C=O) groups excluding carboxylic acids is 2. The largest absolute Gasteiger partial charge is 0.444 e. The van der Waals surface area contributed by atoms with E-state index in [1.54, 1.807) is 0 Å². The molecule has 3 amide bonds. The van der Waals surface area contributed by atoms with Crippen LogP contribution in [0, 0.1) is 0 Å². The number of amides is 3. The fourth-order valence-corrected chi connectivity index (χ4v) is 3.22. The van der Waals surface area contributed by atoms with Gasteiger partial charge in [-0.2, -0.15) is 0 Å². The summed E-state index contributed by atoms with van der Waals surface area (Å²) in [6, 6.07) is 9.03. The molecule has 1 aliphatic carbocycles.